The third-order valence-corrected chi connectivity index (χ3v) is 3.65. The minimum absolute atomic E-state index is 0.0876. The monoisotopic (exact) mass is 301 g/mol. The molecule has 3 nitrogen and oxygen atoms in total. The van der Waals surface area contributed by atoms with E-state index in [2.05, 4.69) is 4.90 Å². The summed E-state index contributed by atoms with van der Waals surface area (Å²) >= 11 is 6.01. The van der Waals surface area contributed by atoms with Crippen LogP contribution in [0.2, 0.25) is 5.02 Å². The summed E-state index contributed by atoms with van der Waals surface area (Å²) in [6.07, 6.45) is 0. The first-order valence-corrected chi connectivity index (χ1v) is 7.26. The highest BCUT2D eigenvalue weighted by molar-refractivity contribution is 6.30. The van der Waals surface area contributed by atoms with Gasteiger partial charge in [0.15, 0.2) is 0 Å². The molecule has 2 rings (SSSR count). The molecular weight excluding hydrogens is 282 g/mol. The van der Waals surface area contributed by atoms with E-state index in [4.69, 9.17) is 22.7 Å². The fourth-order valence-corrected chi connectivity index (χ4v) is 2.60. The summed E-state index contributed by atoms with van der Waals surface area (Å²) < 4.78 is 0. The van der Waals surface area contributed by atoms with Gasteiger partial charge >= 0.3 is 0 Å². The van der Waals surface area contributed by atoms with E-state index in [0.717, 1.165) is 22.7 Å². The SMILES string of the molecule is CN(Cc1cccc(Cl)c1)CC(C(=N)N)c1ccccc1. The lowest BCUT2D eigenvalue weighted by atomic mass is 9.97. The van der Waals surface area contributed by atoms with E-state index >= 15 is 0 Å². The average molecular weight is 302 g/mol. The van der Waals surface area contributed by atoms with Crippen LogP contribution in [0.25, 0.3) is 0 Å². The Bertz CT molecular complexity index is 598. The van der Waals surface area contributed by atoms with Gasteiger partial charge in [0.25, 0.3) is 0 Å². The molecule has 0 saturated heterocycles. The van der Waals surface area contributed by atoms with E-state index in [-0.39, 0.29) is 11.8 Å². The van der Waals surface area contributed by atoms with Gasteiger partial charge in [-0.1, -0.05) is 54.1 Å². The van der Waals surface area contributed by atoms with Crippen molar-refractivity contribution in [2.45, 2.75) is 12.5 Å². The summed E-state index contributed by atoms with van der Waals surface area (Å²) in [5.41, 5.74) is 8.00. The average Bonchev–Trinajstić information content (AvgIpc) is 2.45. The number of rotatable bonds is 6. The van der Waals surface area contributed by atoms with Crippen molar-refractivity contribution >= 4 is 17.4 Å². The number of nitrogens with one attached hydrogen (secondary N) is 1. The molecule has 0 spiro atoms. The van der Waals surface area contributed by atoms with Crippen LogP contribution in [0.4, 0.5) is 0 Å². The summed E-state index contributed by atoms with van der Waals surface area (Å²) in [4.78, 5) is 2.16. The van der Waals surface area contributed by atoms with Gasteiger partial charge in [-0.3, -0.25) is 5.41 Å². The maximum Gasteiger partial charge on any atom is 0.0995 e. The van der Waals surface area contributed by atoms with Crippen LogP contribution in [0, 0.1) is 5.41 Å². The Morgan fingerprint density at radius 2 is 1.90 bits per heavy atom. The van der Waals surface area contributed by atoms with Gasteiger partial charge in [-0.05, 0) is 30.3 Å². The molecule has 0 aliphatic heterocycles. The summed E-state index contributed by atoms with van der Waals surface area (Å²) in [6, 6.07) is 17.8. The number of hydrogen-bond acceptors (Lipinski definition) is 2. The predicted octanol–water partition coefficient (Wildman–Crippen LogP) is 3.49. The van der Waals surface area contributed by atoms with E-state index in [1.54, 1.807) is 0 Å². The molecule has 0 aliphatic carbocycles. The molecule has 0 amide bonds. The van der Waals surface area contributed by atoms with Crippen molar-refractivity contribution in [1.82, 2.24) is 4.90 Å². The van der Waals surface area contributed by atoms with Crippen LogP contribution in [-0.4, -0.2) is 24.3 Å². The number of hydrogen-bond donors (Lipinski definition) is 2. The molecule has 0 aliphatic rings. The molecule has 0 bridgehead atoms. The Morgan fingerprint density at radius 1 is 1.19 bits per heavy atom. The van der Waals surface area contributed by atoms with E-state index in [9.17, 15) is 0 Å². The topological polar surface area (TPSA) is 53.1 Å². The van der Waals surface area contributed by atoms with Crippen molar-refractivity contribution in [1.29, 1.82) is 5.41 Å². The first kappa shape index (κ1) is 15.5. The van der Waals surface area contributed by atoms with Crippen LogP contribution in [0.1, 0.15) is 17.0 Å². The number of halogens is 1. The molecule has 0 fully saturated rings. The number of benzene rings is 2. The Balaban J connectivity index is 2.05. The van der Waals surface area contributed by atoms with Gasteiger partial charge < -0.3 is 10.6 Å². The van der Waals surface area contributed by atoms with E-state index in [1.165, 1.54) is 0 Å². The molecule has 3 N–H and O–H groups in total. The van der Waals surface area contributed by atoms with Crippen LogP contribution < -0.4 is 5.73 Å². The molecule has 0 aromatic heterocycles. The van der Waals surface area contributed by atoms with Crippen molar-refractivity contribution in [3.8, 4) is 0 Å². The number of nitrogens with two attached hydrogens (primary N) is 1. The minimum atomic E-state index is -0.0876. The second kappa shape index (κ2) is 7.25. The first-order valence-electron chi connectivity index (χ1n) is 6.88. The number of amidine groups is 1. The zero-order valence-electron chi connectivity index (χ0n) is 12.1. The normalized spacial score (nSPS) is 12.3. The molecule has 4 heteroatoms. The van der Waals surface area contributed by atoms with Crippen molar-refractivity contribution in [2.24, 2.45) is 5.73 Å². The van der Waals surface area contributed by atoms with Gasteiger partial charge in [0, 0.05) is 18.1 Å². The molecule has 0 heterocycles. The van der Waals surface area contributed by atoms with Crippen LogP contribution in [0.5, 0.6) is 0 Å². The Labute approximate surface area is 130 Å². The summed E-state index contributed by atoms with van der Waals surface area (Å²) in [6.45, 7) is 1.48. The van der Waals surface area contributed by atoms with Crippen LogP contribution in [0.15, 0.2) is 54.6 Å². The Morgan fingerprint density at radius 3 is 2.52 bits per heavy atom. The maximum atomic E-state index is 7.83. The third kappa shape index (κ3) is 4.59. The lowest BCUT2D eigenvalue weighted by molar-refractivity contribution is 0.322. The fourth-order valence-electron chi connectivity index (χ4n) is 2.39. The van der Waals surface area contributed by atoms with Crippen LogP contribution in [-0.2, 0) is 6.54 Å². The summed E-state index contributed by atoms with van der Waals surface area (Å²) in [7, 11) is 2.03. The van der Waals surface area contributed by atoms with Crippen molar-refractivity contribution in [2.75, 3.05) is 13.6 Å². The predicted molar refractivity (Wildman–Crippen MR) is 88.9 cm³/mol. The van der Waals surface area contributed by atoms with Crippen molar-refractivity contribution < 1.29 is 0 Å². The zero-order valence-corrected chi connectivity index (χ0v) is 12.8. The molecule has 2 aromatic carbocycles. The van der Waals surface area contributed by atoms with E-state index in [0.29, 0.717) is 6.54 Å². The van der Waals surface area contributed by atoms with Gasteiger partial charge in [0.2, 0.25) is 0 Å². The van der Waals surface area contributed by atoms with Gasteiger partial charge in [-0.25, -0.2) is 0 Å². The minimum Gasteiger partial charge on any atom is -0.387 e. The van der Waals surface area contributed by atoms with Gasteiger partial charge in [0.1, 0.15) is 0 Å². The fraction of sp³-hybridized carbons (Fsp3) is 0.235. The van der Waals surface area contributed by atoms with Crippen LogP contribution >= 0.6 is 11.6 Å². The van der Waals surface area contributed by atoms with Crippen molar-refractivity contribution in [3.05, 3.63) is 70.7 Å². The Kier molecular flexibility index (Phi) is 5.37. The van der Waals surface area contributed by atoms with E-state index < -0.39 is 0 Å². The largest absolute Gasteiger partial charge is 0.387 e. The third-order valence-electron chi connectivity index (χ3n) is 3.41. The lowest BCUT2D eigenvalue weighted by Gasteiger charge is -2.23. The number of nitrogens with zero attached hydrogens (tertiary/aromatic N) is 1. The number of likely N-dealkylation sites (N-methyl/N-ethyl adjacent to an activating group) is 1. The van der Waals surface area contributed by atoms with Crippen molar-refractivity contribution in [3.63, 3.8) is 0 Å². The molecule has 21 heavy (non-hydrogen) atoms. The smallest absolute Gasteiger partial charge is 0.0995 e. The quantitative estimate of drug-likeness (QED) is 0.634. The molecule has 1 unspecified atom stereocenters. The van der Waals surface area contributed by atoms with Gasteiger partial charge in [-0.2, -0.15) is 0 Å². The lowest BCUT2D eigenvalue weighted by Crippen LogP contribution is -2.32. The highest BCUT2D eigenvalue weighted by atomic mass is 35.5. The second-order valence-corrected chi connectivity index (χ2v) is 5.68. The molecular formula is C17H20ClN3. The Hall–Kier alpha value is -1.84. The molecule has 110 valence electrons. The molecule has 2 aromatic rings. The highest BCUT2D eigenvalue weighted by Crippen LogP contribution is 2.18. The van der Waals surface area contributed by atoms with E-state index in [1.807, 2.05) is 61.6 Å². The molecule has 0 saturated carbocycles. The zero-order chi connectivity index (χ0) is 15.2. The first-order chi connectivity index (χ1) is 10.1. The van der Waals surface area contributed by atoms with Gasteiger partial charge in [0.05, 0.1) is 11.8 Å². The summed E-state index contributed by atoms with van der Waals surface area (Å²) in [5, 5.41) is 8.57. The highest BCUT2D eigenvalue weighted by Gasteiger charge is 2.17. The second-order valence-electron chi connectivity index (χ2n) is 5.25. The van der Waals surface area contributed by atoms with Gasteiger partial charge in [-0.15, -0.1) is 0 Å². The molecule has 0 radical (unpaired) electrons. The van der Waals surface area contributed by atoms with Crippen LogP contribution in [0.3, 0.4) is 0 Å². The molecule has 1 atom stereocenters. The summed E-state index contributed by atoms with van der Waals surface area (Å²) in [5.74, 6) is 0.106. The maximum absolute atomic E-state index is 7.83. The standard InChI is InChI=1S/C17H20ClN3/c1-21(11-13-6-5-9-15(18)10-13)12-16(17(19)20)14-7-3-2-4-8-14/h2-10,16H,11-12H2,1H3,(H3,19,20).